The Bertz CT molecular complexity index is 276. The highest BCUT2D eigenvalue weighted by Gasteiger charge is 2.36. The summed E-state index contributed by atoms with van der Waals surface area (Å²) in [4.78, 5) is 2.83. The summed E-state index contributed by atoms with van der Waals surface area (Å²) >= 11 is 0. The molecule has 0 radical (unpaired) electrons. The van der Waals surface area contributed by atoms with E-state index < -0.39 is 0 Å². The van der Waals surface area contributed by atoms with Gasteiger partial charge in [0.1, 0.15) is 0 Å². The van der Waals surface area contributed by atoms with Crippen molar-refractivity contribution in [1.82, 2.24) is 10.2 Å². The molecule has 1 heterocycles. The molecule has 1 aliphatic heterocycles. The first kappa shape index (κ1) is 16.3. The van der Waals surface area contributed by atoms with Crippen molar-refractivity contribution >= 4 is 0 Å². The molecular weight excluding hydrogens is 244 g/mol. The molecule has 2 aliphatic rings. The lowest BCUT2D eigenvalue weighted by atomic mass is 9.85. The number of rotatable bonds is 6. The summed E-state index contributed by atoms with van der Waals surface area (Å²) in [5.41, 5.74) is 0.359. The Morgan fingerprint density at radius 3 is 2.40 bits per heavy atom. The van der Waals surface area contributed by atoms with Crippen LogP contribution in [0.15, 0.2) is 0 Å². The van der Waals surface area contributed by atoms with Crippen LogP contribution >= 0.6 is 0 Å². The summed E-state index contributed by atoms with van der Waals surface area (Å²) in [6.07, 6.45) is 10.0. The van der Waals surface area contributed by atoms with Crippen LogP contribution in [0.3, 0.4) is 0 Å². The molecule has 2 fully saturated rings. The highest BCUT2D eigenvalue weighted by Crippen LogP contribution is 2.36. The molecule has 20 heavy (non-hydrogen) atoms. The number of hydrogen-bond acceptors (Lipinski definition) is 2. The van der Waals surface area contributed by atoms with E-state index in [4.69, 9.17) is 0 Å². The van der Waals surface area contributed by atoms with Crippen molar-refractivity contribution in [2.45, 2.75) is 84.7 Å². The van der Waals surface area contributed by atoms with E-state index in [0.29, 0.717) is 11.5 Å². The van der Waals surface area contributed by atoms with Crippen LogP contribution in [0.5, 0.6) is 0 Å². The largest absolute Gasteiger partial charge is 0.312 e. The van der Waals surface area contributed by atoms with Crippen LogP contribution in [0.4, 0.5) is 0 Å². The van der Waals surface area contributed by atoms with Gasteiger partial charge in [0.25, 0.3) is 0 Å². The smallest absolute Gasteiger partial charge is 0.0243 e. The minimum atomic E-state index is 0.359. The van der Waals surface area contributed by atoms with Gasteiger partial charge in [-0.05, 0) is 56.5 Å². The first-order chi connectivity index (χ1) is 9.52. The van der Waals surface area contributed by atoms with Crippen LogP contribution in [-0.2, 0) is 0 Å². The fourth-order valence-electron chi connectivity index (χ4n) is 4.15. The zero-order valence-corrected chi connectivity index (χ0v) is 14.3. The van der Waals surface area contributed by atoms with E-state index in [2.05, 4.69) is 37.9 Å². The van der Waals surface area contributed by atoms with Gasteiger partial charge >= 0.3 is 0 Å². The van der Waals surface area contributed by atoms with Crippen molar-refractivity contribution in [3.63, 3.8) is 0 Å². The van der Waals surface area contributed by atoms with Crippen LogP contribution in [0.1, 0.15) is 72.6 Å². The molecule has 2 nitrogen and oxygen atoms in total. The van der Waals surface area contributed by atoms with Gasteiger partial charge in [-0.1, -0.05) is 40.5 Å². The van der Waals surface area contributed by atoms with Gasteiger partial charge in [-0.25, -0.2) is 0 Å². The van der Waals surface area contributed by atoms with Crippen LogP contribution < -0.4 is 5.32 Å². The van der Waals surface area contributed by atoms with E-state index >= 15 is 0 Å². The van der Waals surface area contributed by atoms with Crippen molar-refractivity contribution in [3.05, 3.63) is 0 Å². The first-order valence-electron chi connectivity index (χ1n) is 8.99. The Morgan fingerprint density at radius 1 is 1.10 bits per heavy atom. The van der Waals surface area contributed by atoms with Crippen LogP contribution in [0, 0.1) is 11.3 Å². The van der Waals surface area contributed by atoms with E-state index in [1.807, 2.05) is 0 Å². The Balaban J connectivity index is 1.93. The second-order valence-electron chi connectivity index (χ2n) is 8.12. The molecule has 1 saturated carbocycles. The molecule has 1 N–H and O–H groups in total. The third-order valence-electron chi connectivity index (χ3n) is 5.46. The molecule has 0 aromatic carbocycles. The summed E-state index contributed by atoms with van der Waals surface area (Å²) in [5, 5.41) is 3.81. The lowest BCUT2D eigenvalue weighted by Gasteiger charge is -2.38. The summed E-state index contributed by atoms with van der Waals surface area (Å²) < 4.78 is 0. The first-order valence-corrected chi connectivity index (χ1v) is 8.99. The van der Waals surface area contributed by atoms with Gasteiger partial charge in [0.15, 0.2) is 0 Å². The predicted molar refractivity (Wildman–Crippen MR) is 88.1 cm³/mol. The Labute approximate surface area is 126 Å². The minimum absolute atomic E-state index is 0.359. The molecule has 0 bridgehead atoms. The molecule has 2 unspecified atom stereocenters. The van der Waals surface area contributed by atoms with Crippen molar-refractivity contribution in [1.29, 1.82) is 0 Å². The predicted octanol–water partition coefficient (Wildman–Crippen LogP) is 4.06. The minimum Gasteiger partial charge on any atom is -0.312 e. The second kappa shape index (κ2) is 7.26. The van der Waals surface area contributed by atoms with Crippen LogP contribution in [0.2, 0.25) is 0 Å². The number of hydrogen-bond donors (Lipinski definition) is 1. The molecule has 0 aromatic heterocycles. The fraction of sp³-hybridized carbons (Fsp3) is 1.00. The Kier molecular flexibility index (Phi) is 5.92. The van der Waals surface area contributed by atoms with Gasteiger partial charge in [-0.2, -0.15) is 0 Å². The molecule has 1 saturated heterocycles. The molecule has 0 spiro atoms. The zero-order chi connectivity index (χ0) is 14.6. The van der Waals surface area contributed by atoms with E-state index in [-0.39, 0.29) is 0 Å². The highest BCUT2D eigenvalue weighted by molar-refractivity contribution is 4.92. The average molecular weight is 280 g/mol. The van der Waals surface area contributed by atoms with Gasteiger partial charge in [0, 0.05) is 18.6 Å². The van der Waals surface area contributed by atoms with E-state index in [1.54, 1.807) is 0 Å². The van der Waals surface area contributed by atoms with Crippen molar-refractivity contribution in [2.24, 2.45) is 11.3 Å². The average Bonchev–Trinajstić information content (AvgIpc) is 3.03. The maximum atomic E-state index is 3.81. The molecular formula is C18H36N2. The maximum absolute atomic E-state index is 3.81. The molecule has 2 heteroatoms. The number of likely N-dealkylation sites (tertiary alicyclic amines) is 1. The topological polar surface area (TPSA) is 15.3 Å². The molecule has 1 aliphatic carbocycles. The number of nitrogens with zero attached hydrogens (tertiary/aromatic N) is 1. The standard InChI is InChI=1S/C18H36N2/c1-5-12-19-17(18(2,3)4)14-20-13-8-11-16(20)15-9-6-7-10-15/h15-17,19H,5-14H2,1-4H3. The molecule has 0 aromatic rings. The van der Waals surface area contributed by atoms with E-state index in [1.165, 1.54) is 58.0 Å². The van der Waals surface area contributed by atoms with Crippen LogP contribution in [0.25, 0.3) is 0 Å². The maximum Gasteiger partial charge on any atom is 0.0243 e. The van der Waals surface area contributed by atoms with Gasteiger partial charge in [-0.15, -0.1) is 0 Å². The van der Waals surface area contributed by atoms with Gasteiger partial charge in [-0.3, -0.25) is 4.90 Å². The summed E-state index contributed by atoms with van der Waals surface area (Å²) in [5.74, 6) is 1.00. The third-order valence-corrected chi connectivity index (χ3v) is 5.46. The highest BCUT2D eigenvalue weighted by atomic mass is 15.2. The monoisotopic (exact) mass is 280 g/mol. The fourth-order valence-corrected chi connectivity index (χ4v) is 4.15. The summed E-state index contributed by atoms with van der Waals surface area (Å²) in [6, 6.07) is 1.52. The number of nitrogens with one attached hydrogen (secondary N) is 1. The van der Waals surface area contributed by atoms with E-state index in [0.717, 1.165) is 18.5 Å². The van der Waals surface area contributed by atoms with Crippen molar-refractivity contribution in [3.8, 4) is 0 Å². The molecule has 118 valence electrons. The SMILES string of the molecule is CCCNC(CN1CCCC1C1CCCC1)C(C)(C)C. The Morgan fingerprint density at radius 2 is 1.80 bits per heavy atom. The van der Waals surface area contributed by atoms with Gasteiger partial charge < -0.3 is 5.32 Å². The normalized spacial score (nSPS) is 27.3. The van der Waals surface area contributed by atoms with E-state index in [9.17, 15) is 0 Å². The van der Waals surface area contributed by atoms with Crippen molar-refractivity contribution < 1.29 is 0 Å². The summed E-state index contributed by atoms with van der Waals surface area (Å²) in [7, 11) is 0. The quantitative estimate of drug-likeness (QED) is 0.789. The lowest BCUT2D eigenvalue weighted by molar-refractivity contribution is 0.134. The third kappa shape index (κ3) is 4.21. The Hall–Kier alpha value is -0.0800. The molecule has 2 atom stereocenters. The molecule has 0 amide bonds. The summed E-state index contributed by atoms with van der Waals surface area (Å²) in [6.45, 7) is 13.2. The second-order valence-corrected chi connectivity index (χ2v) is 8.12. The van der Waals surface area contributed by atoms with Gasteiger partial charge in [0.2, 0.25) is 0 Å². The van der Waals surface area contributed by atoms with Crippen LogP contribution in [-0.4, -0.2) is 36.6 Å². The zero-order valence-electron chi connectivity index (χ0n) is 14.3. The van der Waals surface area contributed by atoms with Crippen molar-refractivity contribution in [2.75, 3.05) is 19.6 Å². The van der Waals surface area contributed by atoms with Gasteiger partial charge in [0.05, 0.1) is 0 Å². The molecule has 2 rings (SSSR count). The lowest BCUT2D eigenvalue weighted by Crippen LogP contribution is -2.50.